The lowest BCUT2D eigenvalue weighted by Crippen LogP contribution is -2.18. The zero-order valence-electron chi connectivity index (χ0n) is 16.5. The minimum absolute atomic E-state index is 0.715. The zero-order chi connectivity index (χ0) is 19.5. The predicted molar refractivity (Wildman–Crippen MR) is 111 cm³/mol. The van der Waals surface area contributed by atoms with E-state index in [0.717, 1.165) is 41.2 Å². The predicted octanol–water partition coefficient (Wildman–Crippen LogP) is 3.61. The fraction of sp³-hybridized carbons (Fsp3) is 0.273. The first-order valence-electron chi connectivity index (χ1n) is 9.44. The van der Waals surface area contributed by atoms with Crippen LogP contribution in [0, 0.1) is 6.92 Å². The maximum Gasteiger partial charge on any atom is 0.149 e. The third kappa shape index (κ3) is 3.39. The Morgan fingerprint density at radius 3 is 2.82 bits per heavy atom. The van der Waals surface area contributed by atoms with Crippen molar-refractivity contribution in [1.82, 2.24) is 24.8 Å². The highest BCUT2D eigenvalue weighted by molar-refractivity contribution is 5.83. The molecule has 0 unspecified atom stereocenters. The molecule has 0 saturated carbocycles. The Morgan fingerprint density at radius 2 is 2.04 bits per heavy atom. The highest BCUT2D eigenvalue weighted by Crippen LogP contribution is 2.34. The highest BCUT2D eigenvalue weighted by atomic mass is 16.5. The number of pyridine rings is 1. The van der Waals surface area contributed by atoms with Gasteiger partial charge in [-0.2, -0.15) is 0 Å². The summed E-state index contributed by atoms with van der Waals surface area (Å²) >= 11 is 0. The van der Waals surface area contributed by atoms with Gasteiger partial charge in [-0.25, -0.2) is 4.98 Å². The van der Waals surface area contributed by atoms with Crippen molar-refractivity contribution in [2.75, 3.05) is 13.7 Å². The molecule has 0 aliphatic rings. The van der Waals surface area contributed by atoms with Crippen molar-refractivity contribution in [1.29, 1.82) is 0 Å². The average Bonchev–Trinajstić information content (AvgIpc) is 3.32. The van der Waals surface area contributed by atoms with E-state index >= 15 is 0 Å². The second kappa shape index (κ2) is 7.86. The van der Waals surface area contributed by atoms with Gasteiger partial charge in [0.15, 0.2) is 0 Å². The number of hydrogen-bond donors (Lipinski definition) is 2. The summed E-state index contributed by atoms with van der Waals surface area (Å²) in [6.45, 7) is 3.56. The molecule has 3 heterocycles. The number of aryl methyl sites for hydroxylation is 2. The minimum atomic E-state index is 0.715. The quantitative estimate of drug-likeness (QED) is 0.484. The van der Waals surface area contributed by atoms with Crippen LogP contribution in [0.5, 0.6) is 5.75 Å². The highest BCUT2D eigenvalue weighted by Gasteiger charge is 2.17. The molecule has 0 radical (unpaired) electrons. The van der Waals surface area contributed by atoms with Crippen LogP contribution in [0.1, 0.15) is 16.8 Å². The molecular weight excluding hydrogens is 350 g/mol. The number of nitrogens with one attached hydrogen (secondary N) is 2. The van der Waals surface area contributed by atoms with Crippen molar-refractivity contribution in [2.45, 2.75) is 19.9 Å². The van der Waals surface area contributed by atoms with Gasteiger partial charge < -0.3 is 19.6 Å². The standard InChI is InChI=1S/C22H25N5O/c1-15-22(28-3)21(20-13-24-14-27(20)2)17(12-25-15)10-23-9-8-16-11-26-19-7-5-4-6-18(16)19/h4-7,11-14,23,26H,8-10H2,1-3H3. The fourth-order valence-electron chi connectivity index (χ4n) is 3.67. The molecule has 0 saturated heterocycles. The molecule has 6 nitrogen and oxygen atoms in total. The number of methoxy groups -OCH3 is 1. The van der Waals surface area contributed by atoms with Gasteiger partial charge in [0.1, 0.15) is 5.75 Å². The Hall–Kier alpha value is -3.12. The van der Waals surface area contributed by atoms with E-state index in [4.69, 9.17) is 4.74 Å². The third-order valence-corrected chi connectivity index (χ3v) is 5.13. The van der Waals surface area contributed by atoms with Crippen LogP contribution in [-0.2, 0) is 20.0 Å². The van der Waals surface area contributed by atoms with Crippen molar-refractivity contribution in [3.05, 3.63) is 66.0 Å². The number of benzene rings is 1. The van der Waals surface area contributed by atoms with Crippen molar-refractivity contribution in [2.24, 2.45) is 7.05 Å². The third-order valence-electron chi connectivity index (χ3n) is 5.13. The number of aromatic nitrogens is 4. The van der Waals surface area contributed by atoms with E-state index in [-0.39, 0.29) is 0 Å². The van der Waals surface area contributed by atoms with E-state index in [9.17, 15) is 0 Å². The Kier molecular flexibility index (Phi) is 5.12. The molecule has 6 heteroatoms. The SMILES string of the molecule is COc1c(C)ncc(CNCCc2c[nH]c3ccccc23)c1-c1cncn1C. The molecule has 144 valence electrons. The number of fused-ring (bicyclic) bond motifs is 1. The van der Waals surface area contributed by atoms with Gasteiger partial charge in [0.05, 0.1) is 31.0 Å². The van der Waals surface area contributed by atoms with Crippen LogP contribution in [0.2, 0.25) is 0 Å². The van der Waals surface area contributed by atoms with Gasteiger partial charge in [0.25, 0.3) is 0 Å². The van der Waals surface area contributed by atoms with E-state index in [2.05, 4.69) is 50.7 Å². The maximum atomic E-state index is 5.67. The van der Waals surface area contributed by atoms with Gasteiger partial charge in [0, 0.05) is 42.5 Å². The molecule has 28 heavy (non-hydrogen) atoms. The van der Waals surface area contributed by atoms with E-state index in [0.29, 0.717) is 6.54 Å². The number of hydrogen-bond acceptors (Lipinski definition) is 4. The van der Waals surface area contributed by atoms with Crippen LogP contribution in [0.25, 0.3) is 22.2 Å². The van der Waals surface area contributed by atoms with Gasteiger partial charge in [-0.15, -0.1) is 0 Å². The first-order valence-corrected chi connectivity index (χ1v) is 9.44. The van der Waals surface area contributed by atoms with Crippen LogP contribution in [0.15, 0.2) is 49.2 Å². The summed E-state index contributed by atoms with van der Waals surface area (Å²) in [6, 6.07) is 8.41. The van der Waals surface area contributed by atoms with Crippen LogP contribution in [-0.4, -0.2) is 33.2 Å². The number of aromatic amines is 1. The molecule has 0 aliphatic heterocycles. The first kappa shape index (κ1) is 18.3. The Labute approximate surface area is 164 Å². The van der Waals surface area contributed by atoms with E-state index in [1.807, 2.05) is 30.9 Å². The summed E-state index contributed by atoms with van der Waals surface area (Å²) in [4.78, 5) is 12.1. The Morgan fingerprint density at radius 1 is 1.18 bits per heavy atom. The zero-order valence-corrected chi connectivity index (χ0v) is 16.5. The molecular formula is C22H25N5O. The topological polar surface area (TPSA) is 67.8 Å². The van der Waals surface area contributed by atoms with E-state index < -0.39 is 0 Å². The summed E-state index contributed by atoms with van der Waals surface area (Å²) < 4.78 is 7.68. The number of rotatable bonds is 7. The molecule has 0 spiro atoms. The fourth-order valence-corrected chi connectivity index (χ4v) is 3.67. The monoisotopic (exact) mass is 375 g/mol. The molecule has 0 aliphatic carbocycles. The van der Waals surface area contributed by atoms with Crippen molar-refractivity contribution >= 4 is 10.9 Å². The molecule has 0 fully saturated rings. The summed E-state index contributed by atoms with van der Waals surface area (Å²) in [7, 11) is 3.68. The smallest absolute Gasteiger partial charge is 0.149 e. The number of H-pyrrole nitrogens is 1. The molecule has 2 N–H and O–H groups in total. The molecule has 3 aromatic heterocycles. The first-order chi connectivity index (χ1) is 13.7. The molecule has 0 bridgehead atoms. The second-order valence-electron chi connectivity index (χ2n) is 6.95. The van der Waals surface area contributed by atoms with Crippen LogP contribution >= 0.6 is 0 Å². The van der Waals surface area contributed by atoms with E-state index in [1.54, 1.807) is 13.4 Å². The largest absolute Gasteiger partial charge is 0.494 e. The maximum absolute atomic E-state index is 5.67. The normalized spacial score (nSPS) is 11.2. The van der Waals surface area contributed by atoms with Crippen molar-refractivity contribution in [3.63, 3.8) is 0 Å². The second-order valence-corrected chi connectivity index (χ2v) is 6.95. The van der Waals surface area contributed by atoms with Crippen molar-refractivity contribution < 1.29 is 4.74 Å². The summed E-state index contributed by atoms with van der Waals surface area (Å²) in [6.07, 6.45) is 8.66. The molecule has 0 amide bonds. The number of ether oxygens (including phenoxy) is 1. The molecule has 4 rings (SSSR count). The molecule has 1 aromatic carbocycles. The van der Waals surface area contributed by atoms with Gasteiger partial charge in [-0.3, -0.25) is 4.98 Å². The van der Waals surface area contributed by atoms with Gasteiger partial charge in [0.2, 0.25) is 0 Å². The van der Waals surface area contributed by atoms with E-state index in [1.165, 1.54) is 16.5 Å². The van der Waals surface area contributed by atoms with Crippen LogP contribution in [0.3, 0.4) is 0 Å². The lowest BCUT2D eigenvalue weighted by molar-refractivity contribution is 0.410. The molecule has 4 aromatic rings. The lowest BCUT2D eigenvalue weighted by atomic mass is 10.0. The Bertz CT molecular complexity index is 1100. The van der Waals surface area contributed by atoms with Gasteiger partial charge in [-0.05, 0) is 37.1 Å². The minimum Gasteiger partial charge on any atom is -0.494 e. The van der Waals surface area contributed by atoms with Crippen LogP contribution in [0.4, 0.5) is 0 Å². The summed E-state index contributed by atoms with van der Waals surface area (Å²) in [5.41, 5.74) is 6.56. The summed E-state index contributed by atoms with van der Waals surface area (Å²) in [5, 5.41) is 4.85. The number of para-hydroxylation sites is 1. The van der Waals surface area contributed by atoms with Gasteiger partial charge in [-0.1, -0.05) is 18.2 Å². The van der Waals surface area contributed by atoms with Crippen LogP contribution < -0.4 is 10.1 Å². The average molecular weight is 375 g/mol. The molecule has 0 atom stereocenters. The number of imidazole rings is 1. The summed E-state index contributed by atoms with van der Waals surface area (Å²) in [5.74, 6) is 0.805. The Balaban J connectivity index is 1.51. The van der Waals surface area contributed by atoms with Gasteiger partial charge >= 0.3 is 0 Å². The van der Waals surface area contributed by atoms with Crippen molar-refractivity contribution in [3.8, 4) is 17.0 Å². The number of nitrogens with zero attached hydrogens (tertiary/aromatic N) is 3. The lowest BCUT2D eigenvalue weighted by Gasteiger charge is -2.16.